The maximum absolute atomic E-state index is 12.8. The maximum atomic E-state index is 12.8. The Balaban J connectivity index is 2.42. The minimum absolute atomic E-state index is 0.0276. The summed E-state index contributed by atoms with van der Waals surface area (Å²) in [6, 6.07) is 7.48. The third-order valence-corrected chi connectivity index (χ3v) is 5.01. The third-order valence-electron chi connectivity index (χ3n) is 4.32. The lowest BCUT2D eigenvalue weighted by Crippen LogP contribution is -2.11. The van der Waals surface area contributed by atoms with Crippen LogP contribution in [0, 0.1) is 0 Å². The second-order valence-electron chi connectivity index (χ2n) is 6.71. The summed E-state index contributed by atoms with van der Waals surface area (Å²) >= 11 is 0. The van der Waals surface area contributed by atoms with E-state index < -0.39 is 32.1 Å². The minimum Gasteiger partial charge on any atom is -0.462 e. The molecule has 0 fully saturated rings. The van der Waals surface area contributed by atoms with E-state index in [0.717, 1.165) is 12.1 Å². The molecule has 0 aromatic heterocycles. The van der Waals surface area contributed by atoms with Gasteiger partial charge in [-0.15, -0.1) is 0 Å². The van der Waals surface area contributed by atoms with Crippen LogP contribution in [-0.4, -0.2) is 50.3 Å². The maximum Gasteiger partial charge on any atom is 0.805 e. The van der Waals surface area contributed by atoms with Crippen LogP contribution >= 0.6 is 8.25 Å². The summed E-state index contributed by atoms with van der Waals surface area (Å²) < 4.78 is 43.3. The number of rotatable bonds is 12. The Morgan fingerprint density at radius 3 is 1.25 bits per heavy atom. The monoisotopic (exact) mass is 521 g/mol. The van der Waals surface area contributed by atoms with Gasteiger partial charge in [0.2, 0.25) is 11.5 Å². The molecule has 2 rings (SSSR count). The van der Waals surface area contributed by atoms with Crippen molar-refractivity contribution in [3.8, 4) is 11.5 Å². The fraction of sp³-hybridized carbons (Fsp3) is 0.333. The summed E-state index contributed by atoms with van der Waals surface area (Å²) in [5.41, 5.74) is -0.190. The number of ether oxygens (including phenoxy) is 4. The van der Waals surface area contributed by atoms with Crippen LogP contribution in [0.5, 0.6) is 11.5 Å². The Kier molecular flexibility index (Phi) is 10.8. The highest BCUT2D eigenvalue weighted by Gasteiger charge is 2.32. The standard InChI is InChI=1S/C24H26O11P/c1-5-30-21(25)15-9-11-17(23(27)32-7-3)19(13-15)34-36(29)35-20-14-16(22(26)31-6-2)10-12-18(20)24(28)33-8-4/h9-14H,5-8H2,1-4H3/q+1. The Morgan fingerprint density at radius 1 is 0.583 bits per heavy atom. The van der Waals surface area contributed by atoms with E-state index in [9.17, 15) is 23.7 Å². The zero-order valence-electron chi connectivity index (χ0n) is 20.2. The second kappa shape index (κ2) is 13.8. The van der Waals surface area contributed by atoms with Gasteiger partial charge in [-0.3, -0.25) is 0 Å². The average Bonchev–Trinajstić information content (AvgIpc) is 2.84. The number of hydrogen-bond acceptors (Lipinski definition) is 11. The SMILES string of the molecule is CCOC(=O)c1ccc(C(=O)OCC)c(O[P+](=O)Oc2cc(C(=O)OCC)ccc2C(=O)OCC)c1. The van der Waals surface area contributed by atoms with Crippen molar-refractivity contribution in [1.82, 2.24) is 0 Å². The van der Waals surface area contributed by atoms with E-state index in [2.05, 4.69) is 0 Å². The molecule has 0 bridgehead atoms. The van der Waals surface area contributed by atoms with Gasteiger partial charge in [0.15, 0.2) is 0 Å². The quantitative estimate of drug-likeness (QED) is 0.221. The van der Waals surface area contributed by atoms with E-state index in [4.69, 9.17) is 28.0 Å². The fourth-order valence-electron chi connectivity index (χ4n) is 2.81. The molecular formula is C24H26O11P+. The first-order valence-electron chi connectivity index (χ1n) is 11.0. The number of hydrogen-bond donors (Lipinski definition) is 0. The van der Waals surface area contributed by atoms with Gasteiger partial charge in [-0.25, -0.2) is 28.2 Å². The molecule has 0 saturated heterocycles. The third kappa shape index (κ3) is 7.51. The van der Waals surface area contributed by atoms with E-state index in [1.807, 2.05) is 0 Å². The molecule has 12 heteroatoms. The van der Waals surface area contributed by atoms with Gasteiger partial charge in [0.25, 0.3) is 0 Å². The van der Waals surface area contributed by atoms with Crippen LogP contribution in [0.2, 0.25) is 0 Å². The molecule has 36 heavy (non-hydrogen) atoms. The zero-order chi connectivity index (χ0) is 26.7. The fourth-order valence-corrected chi connectivity index (χ4v) is 3.47. The normalized spacial score (nSPS) is 10.1. The summed E-state index contributed by atoms with van der Waals surface area (Å²) in [5.74, 6) is -3.52. The largest absolute Gasteiger partial charge is 0.805 e. The van der Waals surface area contributed by atoms with Gasteiger partial charge in [-0.05, 0) is 52.0 Å². The van der Waals surface area contributed by atoms with Crippen molar-refractivity contribution in [1.29, 1.82) is 0 Å². The molecule has 0 aliphatic heterocycles. The highest BCUT2D eigenvalue weighted by Crippen LogP contribution is 2.36. The molecule has 0 aliphatic carbocycles. The van der Waals surface area contributed by atoms with Crippen LogP contribution in [-0.2, 0) is 23.5 Å². The Hall–Kier alpha value is -3.98. The predicted molar refractivity (Wildman–Crippen MR) is 126 cm³/mol. The van der Waals surface area contributed by atoms with Gasteiger partial charge < -0.3 is 18.9 Å². The summed E-state index contributed by atoms with van der Waals surface area (Å²) in [5, 5.41) is 0. The molecule has 0 aliphatic rings. The van der Waals surface area contributed by atoms with Crippen molar-refractivity contribution in [2.45, 2.75) is 27.7 Å². The first-order chi connectivity index (χ1) is 17.2. The molecule has 2 aromatic rings. The van der Waals surface area contributed by atoms with E-state index >= 15 is 0 Å². The Labute approximate surface area is 208 Å². The predicted octanol–water partition coefficient (Wildman–Crippen LogP) is 4.51. The molecular weight excluding hydrogens is 495 g/mol. The lowest BCUT2D eigenvalue weighted by atomic mass is 10.1. The molecule has 0 atom stereocenters. The van der Waals surface area contributed by atoms with Crippen LogP contribution in [0.15, 0.2) is 36.4 Å². The summed E-state index contributed by atoms with van der Waals surface area (Å²) in [6.45, 7) is 6.79. The molecule has 0 N–H and O–H groups in total. The highest BCUT2D eigenvalue weighted by atomic mass is 31.1. The molecule has 2 aromatic carbocycles. The summed E-state index contributed by atoms with van der Waals surface area (Å²) in [7, 11) is -3.08. The van der Waals surface area contributed by atoms with Crippen LogP contribution in [0.1, 0.15) is 69.1 Å². The topological polar surface area (TPSA) is 141 Å². The lowest BCUT2D eigenvalue weighted by Gasteiger charge is -2.08. The number of carbonyl (C=O) groups is 4. The van der Waals surface area contributed by atoms with Gasteiger partial charge in [0, 0.05) is 16.7 Å². The molecule has 0 unspecified atom stereocenters. The Bertz CT molecular complexity index is 1060. The number of benzene rings is 2. The van der Waals surface area contributed by atoms with E-state index in [0.29, 0.717) is 0 Å². The summed E-state index contributed by atoms with van der Waals surface area (Å²) in [4.78, 5) is 48.9. The summed E-state index contributed by atoms with van der Waals surface area (Å²) in [6.07, 6.45) is 0. The van der Waals surface area contributed by atoms with Gasteiger partial charge in [-0.1, -0.05) is 0 Å². The molecule has 0 radical (unpaired) electrons. The van der Waals surface area contributed by atoms with Crippen molar-refractivity contribution in [3.63, 3.8) is 0 Å². The van der Waals surface area contributed by atoms with E-state index in [1.54, 1.807) is 27.7 Å². The first kappa shape index (κ1) is 28.3. The van der Waals surface area contributed by atoms with Crippen LogP contribution < -0.4 is 9.05 Å². The number of carbonyl (C=O) groups excluding carboxylic acids is 4. The van der Waals surface area contributed by atoms with Crippen molar-refractivity contribution in [2.24, 2.45) is 0 Å². The van der Waals surface area contributed by atoms with Crippen molar-refractivity contribution < 1.29 is 51.7 Å². The van der Waals surface area contributed by atoms with Crippen molar-refractivity contribution in [2.75, 3.05) is 26.4 Å². The number of esters is 4. The minimum atomic E-state index is -3.08. The van der Waals surface area contributed by atoms with Crippen LogP contribution in [0.25, 0.3) is 0 Å². The molecule has 192 valence electrons. The molecule has 0 heterocycles. The molecule has 0 amide bonds. The Morgan fingerprint density at radius 2 is 0.917 bits per heavy atom. The van der Waals surface area contributed by atoms with Gasteiger partial charge in [0.1, 0.15) is 11.1 Å². The smallest absolute Gasteiger partial charge is 0.462 e. The zero-order valence-corrected chi connectivity index (χ0v) is 21.1. The van der Waals surface area contributed by atoms with Crippen LogP contribution in [0.3, 0.4) is 0 Å². The molecule has 0 spiro atoms. The van der Waals surface area contributed by atoms with Crippen LogP contribution in [0.4, 0.5) is 0 Å². The van der Waals surface area contributed by atoms with Gasteiger partial charge in [-0.2, -0.15) is 0 Å². The van der Waals surface area contributed by atoms with Crippen molar-refractivity contribution >= 4 is 32.1 Å². The van der Waals surface area contributed by atoms with E-state index in [1.165, 1.54) is 24.3 Å². The lowest BCUT2D eigenvalue weighted by molar-refractivity contribution is 0.0508. The van der Waals surface area contributed by atoms with Gasteiger partial charge >= 0.3 is 32.1 Å². The molecule has 0 saturated carbocycles. The highest BCUT2D eigenvalue weighted by molar-refractivity contribution is 7.34. The first-order valence-corrected chi connectivity index (χ1v) is 12.1. The van der Waals surface area contributed by atoms with E-state index in [-0.39, 0.29) is 60.2 Å². The van der Waals surface area contributed by atoms with Crippen molar-refractivity contribution in [3.05, 3.63) is 58.7 Å². The average molecular weight is 521 g/mol. The molecule has 11 nitrogen and oxygen atoms in total. The second-order valence-corrected chi connectivity index (χ2v) is 7.52. The van der Waals surface area contributed by atoms with Gasteiger partial charge in [0.05, 0.1) is 37.6 Å².